The van der Waals surface area contributed by atoms with Crippen LogP contribution in [0.3, 0.4) is 0 Å². The van der Waals surface area contributed by atoms with Crippen LogP contribution < -0.4 is 9.92 Å². The predicted octanol–water partition coefficient (Wildman–Crippen LogP) is 6.26. The first kappa shape index (κ1) is 16.5. The first-order chi connectivity index (χ1) is 11.1. The maximum absolute atomic E-state index is 2.53. The van der Waals surface area contributed by atoms with E-state index in [1.165, 1.54) is 25.7 Å². The summed E-state index contributed by atoms with van der Waals surface area (Å²) in [6.07, 6.45) is 5.78. The van der Waals surface area contributed by atoms with Gasteiger partial charge in [-0.25, -0.2) is 0 Å². The van der Waals surface area contributed by atoms with E-state index in [2.05, 4.69) is 63.3 Å². The highest BCUT2D eigenvalue weighted by Crippen LogP contribution is 2.61. The summed E-state index contributed by atoms with van der Waals surface area (Å²) in [6.45, 7) is 10.1. The van der Waals surface area contributed by atoms with E-state index in [-0.39, 0.29) is 15.8 Å². The van der Waals surface area contributed by atoms with Crippen LogP contribution in [-0.2, 0) is 0 Å². The fourth-order valence-corrected chi connectivity index (χ4v) is 14.7. The number of rotatable bonds is 2. The van der Waals surface area contributed by atoms with Gasteiger partial charge in [0.05, 0.1) is 0 Å². The summed E-state index contributed by atoms with van der Waals surface area (Å²) in [5.41, 5.74) is 3.69. The molecule has 2 aromatic rings. The summed E-state index contributed by atoms with van der Waals surface area (Å²) in [5.74, 6) is 0. The lowest BCUT2D eigenvalue weighted by molar-refractivity contribution is 0.777. The van der Waals surface area contributed by atoms with Gasteiger partial charge in [0.1, 0.15) is 0 Å². The molecule has 2 fully saturated rings. The fraction of sp³-hybridized carbons (Fsp3) is 0.600. The van der Waals surface area contributed by atoms with Gasteiger partial charge in [-0.1, -0.05) is 61.7 Å². The van der Waals surface area contributed by atoms with Crippen molar-refractivity contribution in [3.05, 3.63) is 24.3 Å². The lowest BCUT2D eigenvalue weighted by Crippen LogP contribution is -2.25. The molecule has 4 atom stereocenters. The Kier molecular flexibility index (Phi) is 4.59. The SMILES string of the molecule is C[C@@H]1CC[C@@H](C)P1c1c(P2[C@@H](C)CC[C@@H]2C)sc2ccccc12. The molecule has 0 N–H and O–H groups in total. The van der Waals surface area contributed by atoms with Gasteiger partial charge < -0.3 is 0 Å². The van der Waals surface area contributed by atoms with Gasteiger partial charge in [-0.05, 0) is 54.4 Å². The van der Waals surface area contributed by atoms with Crippen LogP contribution in [0.5, 0.6) is 0 Å². The summed E-state index contributed by atoms with van der Waals surface area (Å²) in [5, 5.41) is 3.47. The zero-order chi connectivity index (χ0) is 16.1. The average molecular weight is 362 g/mol. The van der Waals surface area contributed by atoms with Gasteiger partial charge in [0, 0.05) is 20.0 Å². The van der Waals surface area contributed by atoms with Crippen molar-refractivity contribution in [2.45, 2.75) is 76.0 Å². The highest BCUT2D eigenvalue weighted by atomic mass is 32.1. The van der Waals surface area contributed by atoms with E-state index in [9.17, 15) is 0 Å². The molecular formula is C20H28P2S. The molecule has 0 radical (unpaired) electrons. The summed E-state index contributed by atoms with van der Waals surface area (Å²) in [6, 6.07) is 9.29. The minimum Gasteiger partial charge on any atom is -0.135 e. The Morgan fingerprint density at radius 1 is 0.783 bits per heavy atom. The Morgan fingerprint density at radius 2 is 1.30 bits per heavy atom. The van der Waals surface area contributed by atoms with Gasteiger partial charge in [-0.3, -0.25) is 0 Å². The molecule has 1 aromatic heterocycles. The second-order valence-electron chi connectivity index (χ2n) is 7.62. The van der Waals surface area contributed by atoms with E-state index in [4.69, 9.17) is 0 Å². The quantitative estimate of drug-likeness (QED) is 0.553. The van der Waals surface area contributed by atoms with Crippen molar-refractivity contribution >= 4 is 47.2 Å². The standard InChI is InChI=1S/C20H28P2S/c1-13-9-10-14(2)21(13)19-17-7-5-6-8-18(17)23-20(19)22-15(3)11-12-16(22)4/h5-8,13-16H,9-12H2,1-4H3/t13-,14-,15+,16+/m1/s1. The van der Waals surface area contributed by atoms with Gasteiger partial charge in [0.25, 0.3) is 0 Å². The van der Waals surface area contributed by atoms with Crippen LogP contribution in [0.15, 0.2) is 24.3 Å². The van der Waals surface area contributed by atoms with E-state index in [1.54, 1.807) is 10.1 Å². The van der Waals surface area contributed by atoms with Crippen molar-refractivity contribution in [2.24, 2.45) is 0 Å². The topological polar surface area (TPSA) is 0 Å². The lowest BCUT2D eigenvalue weighted by Gasteiger charge is -2.27. The van der Waals surface area contributed by atoms with E-state index in [0.29, 0.717) is 0 Å². The minimum atomic E-state index is 0.0262. The zero-order valence-electron chi connectivity index (χ0n) is 14.7. The van der Waals surface area contributed by atoms with Crippen LogP contribution in [0.2, 0.25) is 0 Å². The molecule has 0 bridgehead atoms. The second-order valence-corrected chi connectivity index (χ2v) is 15.0. The van der Waals surface area contributed by atoms with Crippen LogP contribution >= 0.6 is 27.2 Å². The van der Waals surface area contributed by atoms with Crippen LogP contribution in [0.1, 0.15) is 53.4 Å². The number of fused-ring (bicyclic) bond motifs is 1. The molecule has 2 aliphatic rings. The molecule has 0 unspecified atom stereocenters. The molecule has 0 aliphatic carbocycles. The van der Waals surface area contributed by atoms with Gasteiger partial charge in [-0.15, -0.1) is 11.3 Å². The van der Waals surface area contributed by atoms with Crippen LogP contribution in [0.4, 0.5) is 0 Å². The zero-order valence-corrected chi connectivity index (χ0v) is 17.4. The van der Waals surface area contributed by atoms with Gasteiger partial charge >= 0.3 is 0 Å². The summed E-state index contributed by atoms with van der Waals surface area (Å²) < 4.78 is 3.41. The average Bonchev–Trinajstić information content (AvgIpc) is 3.16. The van der Waals surface area contributed by atoms with Crippen LogP contribution in [0.25, 0.3) is 10.1 Å². The van der Waals surface area contributed by atoms with E-state index >= 15 is 0 Å². The second kappa shape index (κ2) is 6.40. The van der Waals surface area contributed by atoms with Crippen molar-refractivity contribution in [3.8, 4) is 0 Å². The Labute approximate surface area is 147 Å². The third-order valence-electron chi connectivity index (χ3n) is 5.95. The molecule has 0 nitrogen and oxygen atoms in total. The fourth-order valence-electron chi connectivity index (χ4n) is 4.67. The molecule has 2 saturated heterocycles. The van der Waals surface area contributed by atoms with Crippen molar-refractivity contribution in [1.82, 2.24) is 0 Å². The molecular weight excluding hydrogens is 334 g/mol. The first-order valence-corrected chi connectivity index (χ1v) is 12.9. The third kappa shape index (κ3) is 2.72. The van der Waals surface area contributed by atoms with Crippen molar-refractivity contribution in [2.75, 3.05) is 0 Å². The number of benzene rings is 1. The summed E-state index contributed by atoms with van der Waals surface area (Å²) in [7, 11) is 0.0764. The van der Waals surface area contributed by atoms with Gasteiger partial charge in [-0.2, -0.15) is 0 Å². The summed E-state index contributed by atoms with van der Waals surface area (Å²) in [4.78, 5) is 0. The number of hydrogen-bond acceptors (Lipinski definition) is 1. The van der Waals surface area contributed by atoms with Crippen molar-refractivity contribution < 1.29 is 0 Å². The smallest absolute Gasteiger partial charge is 0.0372 e. The Balaban J connectivity index is 1.92. The molecule has 3 heterocycles. The Bertz CT molecular complexity index is 687. The van der Waals surface area contributed by atoms with Crippen LogP contribution in [-0.4, -0.2) is 22.6 Å². The molecule has 0 spiro atoms. The Hall–Kier alpha value is 0.0400. The summed E-state index contributed by atoms with van der Waals surface area (Å²) >= 11 is 2.16. The molecule has 0 saturated carbocycles. The molecule has 4 rings (SSSR count). The van der Waals surface area contributed by atoms with Gasteiger partial charge in [0.2, 0.25) is 0 Å². The minimum absolute atomic E-state index is 0.0262. The molecule has 3 heteroatoms. The van der Waals surface area contributed by atoms with Crippen molar-refractivity contribution in [1.29, 1.82) is 0 Å². The predicted molar refractivity (Wildman–Crippen MR) is 111 cm³/mol. The van der Waals surface area contributed by atoms with Crippen LogP contribution in [0, 0.1) is 0 Å². The normalized spacial score (nSPS) is 33.0. The largest absolute Gasteiger partial charge is 0.135 e. The van der Waals surface area contributed by atoms with Gasteiger partial charge in [0.15, 0.2) is 0 Å². The maximum atomic E-state index is 2.53. The third-order valence-corrected chi connectivity index (χ3v) is 14.7. The molecule has 124 valence electrons. The molecule has 0 amide bonds. The highest BCUT2D eigenvalue weighted by Gasteiger charge is 2.39. The number of thiophene rings is 1. The Morgan fingerprint density at radius 3 is 1.91 bits per heavy atom. The highest BCUT2D eigenvalue weighted by molar-refractivity contribution is 7.79. The molecule has 2 aliphatic heterocycles. The first-order valence-electron chi connectivity index (χ1n) is 9.16. The maximum Gasteiger partial charge on any atom is 0.0372 e. The van der Waals surface area contributed by atoms with E-state index in [1.807, 2.05) is 9.92 Å². The van der Waals surface area contributed by atoms with E-state index < -0.39 is 0 Å². The van der Waals surface area contributed by atoms with E-state index in [0.717, 1.165) is 22.6 Å². The lowest BCUT2D eigenvalue weighted by atomic mass is 10.2. The number of hydrogen-bond donors (Lipinski definition) is 0. The molecule has 23 heavy (non-hydrogen) atoms. The van der Waals surface area contributed by atoms with Crippen molar-refractivity contribution in [3.63, 3.8) is 0 Å². The monoisotopic (exact) mass is 362 g/mol. The molecule has 1 aromatic carbocycles.